The normalized spacial score (nSPS) is 11.2. The lowest BCUT2D eigenvalue weighted by molar-refractivity contribution is -0.385. The molecule has 0 fully saturated rings. The zero-order valence-electron chi connectivity index (χ0n) is 12.5. The third-order valence-corrected chi connectivity index (χ3v) is 2.65. The molecule has 1 aromatic carbocycles. The van der Waals surface area contributed by atoms with Crippen LogP contribution in [0.3, 0.4) is 0 Å². The number of carboxylic acid groups (broad SMARTS) is 1. The van der Waals surface area contributed by atoms with Crippen LogP contribution in [-0.2, 0) is 4.74 Å². The fourth-order valence-electron chi connectivity index (χ4n) is 1.64. The predicted molar refractivity (Wildman–Crippen MR) is 76.0 cm³/mol. The molecule has 0 amide bonds. The van der Waals surface area contributed by atoms with Crippen molar-refractivity contribution in [2.24, 2.45) is 0 Å². The molecule has 0 saturated carbocycles. The molecule has 0 radical (unpaired) electrons. The number of hydrogen-bond acceptors (Lipinski definition) is 5. The summed E-state index contributed by atoms with van der Waals surface area (Å²) in [6.45, 7) is 7.69. The second kappa shape index (κ2) is 6.53. The van der Waals surface area contributed by atoms with E-state index < -0.39 is 10.9 Å². The van der Waals surface area contributed by atoms with Gasteiger partial charge in [0.05, 0.1) is 28.3 Å². The van der Waals surface area contributed by atoms with E-state index in [0.717, 1.165) is 6.07 Å². The summed E-state index contributed by atoms with van der Waals surface area (Å²) in [6, 6.07) is 2.30. The van der Waals surface area contributed by atoms with Gasteiger partial charge in [-0.2, -0.15) is 0 Å². The molecule has 1 aromatic rings. The fraction of sp³-hybridized carbons (Fsp3) is 0.500. The number of ether oxygens (including phenoxy) is 2. The molecule has 21 heavy (non-hydrogen) atoms. The molecule has 0 aliphatic rings. The number of carboxylic acids is 1. The standard InChI is InChI=1S/C14H19NO6/c1-9-11(15(18)19)7-10(13(16)17)8-12(9)20-5-6-21-14(2,3)4/h7-8H,5-6H2,1-4H3,(H,16,17). The summed E-state index contributed by atoms with van der Waals surface area (Å²) in [5.41, 5.74) is -0.478. The molecule has 0 atom stereocenters. The summed E-state index contributed by atoms with van der Waals surface area (Å²) in [4.78, 5) is 21.3. The van der Waals surface area contributed by atoms with E-state index in [0.29, 0.717) is 12.2 Å². The van der Waals surface area contributed by atoms with Gasteiger partial charge in [-0.1, -0.05) is 0 Å². The molecular formula is C14H19NO6. The minimum absolute atomic E-state index is 0.179. The van der Waals surface area contributed by atoms with Crippen LogP contribution in [0.25, 0.3) is 0 Å². The summed E-state index contributed by atoms with van der Waals surface area (Å²) >= 11 is 0. The van der Waals surface area contributed by atoms with Crippen LogP contribution in [0.1, 0.15) is 36.7 Å². The molecule has 0 bridgehead atoms. The molecule has 0 aliphatic carbocycles. The lowest BCUT2D eigenvalue weighted by Crippen LogP contribution is -2.22. The van der Waals surface area contributed by atoms with Crippen LogP contribution in [0.4, 0.5) is 5.69 Å². The van der Waals surface area contributed by atoms with Crippen LogP contribution in [0.15, 0.2) is 12.1 Å². The Labute approximate surface area is 122 Å². The monoisotopic (exact) mass is 297 g/mol. The number of rotatable bonds is 6. The summed E-state index contributed by atoms with van der Waals surface area (Å²) in [7, 11) is 0. The van der Waals surface area contributed by atoms with Crippen molar-refractivity contribution in [3.05, 3.63) is 33.4 Å². The maximum Gasteiger partial charge on any atom is 0.336 e. The van der Waals surface area contributed by atoms with Gasteiger partial charge in [-0.05, 0) is 33.8 Å². The van der Waals surface area contributed by atoms with Gasteiger partial charge in [-0.15, -0.1) is 0 Å². The van der Waals surface area contributed by atoms with Crippen LogP contribution in [0.2, 0.25) is 0 Å². The van der Waals surface area contributed by atoms with Gasteiger partial charge in [-0.25, -0.2) is 4.79 Å². The van der Waals surface area contributed by atoms with Gasteiger partial charge in [0.1, 0.15) is 12.4 Å². The molecule has 7 heteroatoms. The zero-order valence-corrected chi connectivity index (χ0v) is 12.5. The van der Waals surface area contributed by atoms with Gasteiger partial charge in [-0.3, -0.25) is 10.1 Å². The smallest absolute Gasteiger partial charge is 0.336 e. The van der Waals surface area contributed by atoms with E-state index in [1.165, 1.54) is 13.0 Å². The first kappa shape index (κ1) is 16.9. The largest absolute Gasteiger partial charge is 0.491 e. The van der Waals surface area contributed by atoms with Crippen molar-refractivity contribution in [1.29, 1.82) is 0 Å². The molecule has 1 rings (SSSR count). The van der Waals surface area contributed by atoms with Gasteiger partial charge >= 0.3 is 5.97 Å². The number of nitrogens with zero attached hydrogens (tertiary/aromatic N) is 1. The van der Waals surface area contributed by atoms with Gasteiger partial charge in [0.2, 0.25) is 0 Å². The average molecular weight is 297 g/mol. The van der Waals surface area contributed by atoms with Gasteiger partial charge in [0.25, 0.3) is 5.69 Å². The molecule has 0 aromatic heterocycles. The minimum Gasteiger partial charge on any atom is -0.491 e. The van der Waals surface area contributed by atoms with Crippen LogP contribution >= 0.6 is 0 Å². The van der Waals surface area contributed by atoms with E-state index in [4.69, 9.17) is 14.6 Å². The van der Waals surface area contributed by atoms with Crippen molar-refractivity contribution in [2.45, 2.75) is 33.3 Å². The number of nitro groups is 1. The molecule has 0 spiro atoms. The molecule has 0 heterocycles. The molecule has 0 saturated heterocycles. The zero-order chi connectivity index (χ0) is 16.2. The van der Waals surface area contributed by atoms with Gasteiger partial charge < -0.3 is 14.6 Å². The van der Waals surface area contributed by atoms with Crippen molar-refractivity contribution < 1.29 is 24.3 Å². The van der Waals surface area contributed by atoms with Crippen molar-refractivity contribution in [2.75, 3.05) is 13.2 Å². The van der Waals surface area contributed by atoms with E-state index >= 15 is 0 Å². The lowest BCUT2D eigenvalue weighted by atomic mass is 10.1. The van der Waals surface area contributed by atoms with E-state index in [9.17, 15) is 14.9 Å². The highest BCUT2D eigenvalue weighted by molar-refractivity contribution is 5.89. The van der Waals surface area contributed by atoms with Gasteiger partial charge in [0, 0.05) is 6.07 Å². The third kappa shape index (κ3) is 5.03. The van der Waals surface area contributed by atoms with E-state index in [-0.39, 0.29) is 29.2 Å². The second-order valence-corrected chi connectivity index (χ2v) is 5.49. The maximum atomic E-state index is 11.0. The molecule has 1 N–H and O–H groups in total. The SMILES string of the molecule is Cc1c(OCCOC(C)(C)C)cc(C(=O)O)cc1[N+](=O)[O-]. The first-order valence-corrected chi connectivity index (χ1v) is 6.41. The summed E-state index contributed by atoms with van der Waals surface area (Å²) < 4.78 is 10.9. The fourth-order valence-corrected chi connectivity index (χ4v) is 1.64. The number of hydrogen-bond donors (Lipinski definition) is 1. The van der Waals surface area contributed by atoms with Crippen molar-refractivity contribution in [1.82, 2.24) is 0 Å². The number of benzene rings is 1. The Balaban J connectivity index is 2.90. The number of carbonyl (C=O) groups is 1. The Bertz CT molecular complexity index is 547. The highest BCUT2D eigenvalue weighted by atomic mass is 16.6. The van der Waals surface area contributed by atoms with Crippen molar-refractivity contribution in [3.63, 3.8) is 0 Å². The lowest BCUT2D eigenvalue weighted by Gasteiger charge is -2.19. The minimum atomic E-state index is -1.24. The second-order valence-electron chi connectivity index (χ2n) is 5.49. The summed E-state index contributed by atoms with van der Waals surface area (Å²) in [5, 5.41) is 19.9. The van der Waals surface area contributed by atoms with E-state index in [1.807, 2.05) is 20.8 Å². The Morgan fingerprint density at radius 1 is 1.33 bits per heavy atom. The molecule has 0 unspecified atom stereocenters. The van der Waals surface area contributed by atoms with E-state index in [1.54, 1.807) is 0 Å². The summed E-state index contributed by atoms with van der Waals surface area (Å²) in [6.07, 6.45) is 0. The average Bonchev–Trinajstić information content (AvgIpc) is 2.34. The predicted octanol–water partition coefficient (Wildman–Crippen LogP) is 2.80. The van der Waals surface area contributed by atoms with Crippen molar-refractivity contribution in [3.8, 4) is 5.75 Å². The Morgan fingerprint density at radius 2 is 1.95 bits per heavy atom. The quantitative estimate of drug-likeness (QED) is 0.492. The maximum absolute atomic E-state index is 11.0. The van der Waals surface area contributed by atoms with E-state index in [2.05, 4.69) is 0 Å². The number of nitro benzene ring substituents is 1. The van der Waals surface area contributed by atoms with Gasteiger partial charge in [0.15, 0.2) is 0 Å². The highest BCUT2D eigenvalue weighted by Crippen LogP contribution is 2.29. The van der Waals surface area contributed by atoms with Crippen LogP contribution < -0.4 is 4.74 Å². The van der Waals surface area contributed by atoms with Crippen LogP contribution in [0.5, 0.6) is 5.75 Å². The van der Waals surface area contributed by atoms with Crippen LogP contribution in [-0.4, -0.2) is 34.8 Å². The number of aromatic carboxylic acids is 1. The Morgan fingerprint density at radius 3 is 2.43 bits per heavy atom. The summed E-state index contributed by atoms with van der Waals surface area (Å²) in [5.74, 6) is -1.06. The first-order valence-electron chi connectivity index (χ1n) is 6.41. The molecule has 0 aliphatic heterocycles. The van der Waals surface area contributed by atoms with Crippen molar-refractivity contribution >= 4 is 11.7 Å². The highest BCUT2D eigenvalue weighted by Gasteiger charge is 2.20. The Kier molecular flexibility index (Phi) is 5.26. The van der Waals surface area contributed by atoms with Crippen LogP contribution in [0, 0.1) is 17.0 Å². The Hall–Kier alpha value is -2.15. The third-order valence-electron chi connectivity index (χ3n) is 2.65. The molecule has 7 nitrogen and oxygen atoms in total. The molecular weight excluding hydrogens is 278 g/mol. The topological polar surface area (TPSA) is 98.9 Å². The molecule has 116 valence electrons. The first-order chi connectivity index (χ1) is 9.61.